The van der Waals surface area contributed by atoms with Crippen LogP contribution in [0.4, 0.5) is 19.0 Å². The van der Waals surface area contributed by atoms with Crippen LogP contribution in [0.5, 0.6) is 0 Å². The van der Waals surface area contributed by atoms with Gasteiger partial charge in [0.15, 0.2) is 0 Å². The molecule has 0 aliphatic carbocycles. The van der Waals surface area contributed by atoms with Crippen molar-refractivity contribution in [3.8, 4) is 0 Å². The number of alkyl halides is 3. The molecule has 0 radical (unpaired) electrons. The van der Waals surface area contributed by atoms with Crippen molar-refractivity contribution in [3.05, 3.63) is 23.9 Å². The molecule has 0 saturated carbocycles. The Kier molecular flexibility index (Phi) is 5.85. The quantitative estimate of drug-likeness (QED) is 0.775. The van der Waals surface area contributed by atoms with Gasteiger partial charge in [-0.3, -0.25) is 9.80 Å². The number of hydrogen-bond donors (Lipinski definition) is 0. The molecule has 0 N–H and O–H groups in total. The zero-order valence-corrected chi connectivity index (χ0v) is 16.3. The van der Waals surface area contributed by atoms with Crippen LogP contribution in [0.25, 0.3) is 0 Å². The normalized spacial score (nSPS) is 26.6. The van der Waals surface area contributed by atoms with E-state index >= 15 is 0 Å². The van der Waals surface area contributed by atoms with Crippen LogP contribution in [-0.2, 0) is 6.18 Å². The second kappa shape index (κ2) is 8.17. The first kappa shape index (κ1) is 19.3. The molecule has 3 saturated heterocycles. The standard InChI is InChI=1S/C19H27F3N4S/c20-19(21,22)15-1-2-18(23-13-15)26-10-8-25(9-11-26)16-3-6-24(7-4-16)17-5-12-27-14-17/h1-2,13,16-17H,3-12,14H2. The molecule has 1 unspecified atom stereocenters. The van der Waals surface area contributed by atoms with Crippen LogP contribution in [0.2, 0.25) is 0 Å². The van der Waals surface area contributed by atoms with E-state index < -0.39 is 11.7 Å². The third kappa shape index (κ3) is 4.54. The van der Waals surface area contributed by atoms with E-state index in [1.165, 1.54) is 49.9 Å². The predicted octanol–water partition coefficient (Wildman–Crippen LogP) is 3.19. The molecule has 3 aliphatic rings. The highest BCUT2D eigenvalue weighted by Crippen LogP contribution is 2.30. The Morgan fingerprint density at radius 2 is 1.59 bits per heavy atom. The van der Waals surface area contributed by atoms with Crippen molar-refractivity contribution < 1.29 is 13.2 Å². The van der Waals surface area contributed by atoms with E-state index in [-0.39, 0.29) is 0 Å². The van der Waals surface area contributed by atoms with Crippen molar-refractivity contribution in [2.45, 2.75) is 37.5 Å². The molecule has 150 valence electrons. The molecule has 1 aromatic rings. The van der Waals surface area contributed by atoms with Gasteiger partial charge in [-0.1, -0.05) is 0 Å². The van der Waals surface area contributed by atoms with Crippen molar-refractivity contribution in [1.29, 1.82) is 0 Å². The largest absolute Gasteiger partial charge is 0.417 e. The van der Waals surface area contributed by atoms with Gasteiger partial charge in [-0.2, -0.15) is 24.9 Å². The summed E-state index contributed by atoms with van der Waals surface area (Å²) in [5.41, 5.74) is -0.683. The van der Waals surface area contributed by atoms with Crippen LogP contribution in [0.15, 0.2) is 18.3 Å². The lowest BCUT2D eigenvalue weighted by Gasteiger charge is -2.44. The first-order chi connectivity index (χ1) is 13.0. The maximum absolute atomic E-state index is 12.7. The van der Waals surface area contributed by atoms with E-state index in [4.69, 9.17) is 0 Å². The Hall–Kier alpha value is -0.990. The highest BCUT2D eigenvalue weighted by Gasteiger charge is 2.33. The fourth-order valence-electron chi connectivity index (χ4n) is 4.48. The van der Waals surface area contributed by atoms with E-state index in [1.54, 1.807) is 0 Å². The number of thioether (sulfide) groups is 1. The van der Waals surface area contributed by atoms with Gasteiger partial charge < -0.3 is 4.90 Å². The van der Waals surface area contributed by atoms with Gasteiger partial charge in [0.2, 0.25) is 0 Å². The molecular formula is C19H27F3N4S. The molecule has 0 amide bonds. The summed E-state index contributed by atoms with van der Waals surface area (Å²) in [6.07, 6.45) is 0.433. The monoisotopic (exact) mass is 400 g/mol. The number of nitrogens with zero attached hydrogens (tertiary/aromatic N) is 4. The van der Waals surface area contributed by atoms with Crippen LogP contribution in [0, 0.1) is 0 Å². The van der Waals surface area contributed by atoms with Crippen molar-refractivity contribution in [2.24, 2.45) is 0 Å². The Morgan fingerprint density at radius 1 is 0.889 bits per heavy atom. The van der Waals surface area contributed by atoms with E-state index in [0.717, 1.165) is 44.5 Å². The molecule has 4 nitrogen and oxygen atoms in total. The number of rotatable bonds is 3. The topological polar surface area (TPSA) is 22.6 Å². The number of piperidine rings is 1. The smallest absolute Gasteiger partial charge is 0.354 e. The second-order valence-corrected chi connectivity index (χ2v) is 8.86. The molecular weight excluding hydrogens is 373 g/mol. The van der Waals surface area contributed by atoms with Gasteiger partial charge >= 0.3 is 6.18 Å². The van der Waals surface area contributed by atoms with Gasteiger partial charge in [0.25, 0.3) is 0 Å². The van der Waals surface area contributed by atoms with Gasteiger partial charge in [-0.25, -0.2) is 4.98 Å². The SMILES string of the molecule is FC(F)(F)c1ccc(N2CCN(C3CCN(C4CCSC4)CC3)CC2)nc1. The minimum absolute atomic E-state index is 0.649. The number of hydrogen-bond acceptors (Lipinski definition) is 5. The van der Waals surface area contributed by atoms with Gasteiger partial charge in [0.1, 0.15) is 5.82 Å². The number of aromatic nitrogens is 1. The zero-order chi connectivity index (χ0) is 18.9. The number of anilines is 1. The molecule has 4 heterocycles. The van der Waals surface area contributed by atoms with Crippen LogP contribution in [0.3, 0.4) is 0 Å². The molecule has 0 spiro atoms. The predicted molar refractivity (Wildman–Crippen MR) is 103 cm³/mol. The molecule has 8 heteroatoms. The van der Waals surface area contributed by atoms with Gasteiger partial charge in [0.05, 0.1) is 5.56 Å². The Labute approximate surface area is 163 Å². The lowest BCUT2D eigenvalue weighted by molar-refractivity contribution is -0.137. The molecule has 0 bridgehead atoms. The molecule has 3 aliphatic heterocycles. The molecule has 27 heavy (non-hydrogen) atoms. The van der Waals surface area contributed by atoms with Crippen molar-refractivity contribution in [3.63, 3.8) is 0 Å². The average Bonchev–Trinajstić information content (AvgIpc) is 3.23. The third-order valence-electron chi connectivity index (χ3n) is 6.15. The minimum atomic E-state index is -4.32. The zero-order valence-electron chi connectivity index (χ0n) is 15.5. The van der Waals surface area contributed by atoms with Gasteiger partial charge in [-0.15, -0.1) is 0 Å². The lowest BCUT2D eigenvalue weighted by Crippen LogP contribution is -2.54. The van der Waals surface area contributed by atoms with E-state index in [9.17, 15) is 13.2 Å². The summed E-state index contributed by atoms with van der Waals surface area (Å²) >= 11 is 2.08. The van der Waals surface area contributed by atoms with Gasteiger partial charge in [-0.05, 0) is 50.2 Å². The number of pyridine rings is 1. The maximum Gasteiger partial charge on any atom is 0.417 e. The van der Waals surface area contributed by atoms with Crippen LogP contribution < -0.4 is 4.90 Å². The minimum Gasteiger partial charge on any atom is -0.354 e. The van der Waals surface area contributed by atoms with Crippen molar-refractivity contribution >= 4 is 17.6 Å². The summed E-state index contributed by atoms with van der Waals surface area (Å²) in [5, 5.41) is 0. The van der Waals surface area contributed by atoms with Crippen LogP contribution >= 0.6 is 11.8 Å². The van der Waals surface area contributed by atoms with Crippen molar-refractivity contribution in [1.82, 2.24) is 14.8 Å². The highest BCUT2D eigenvalue weighted by molar-refractivity contribution is 7.99. The molecule has 3 fully saturated rings. The Morgan fingerprint density at radius 3 is 2.15 bits per heavy atom. The third-order valence-corrected chi connectivity index (χ3v) is 7.30. The molecule has 0 aromatic carbocycles. The summed E-state index contributed by atoms with van der Waals surface area (Å²) < 4.78 is 38.0. The summed E-state index contributed by atoms with van der Waals surface area (Å²) in [4.78, 5) is 11.4. The van der Waals surface area contributed by atoms with Crippen molar-refractivity contribution in [2.75, 3.05) is 55.7 Å². The maximum atomic E-state index is 12.7. The summed E-state index contributed by atoms with van der Waals surface area (Å²) in [6, 6.07) is 4.07. The highest BCUT2D eigenvalue weighted by atomic mass is 32.2. The summed E-state index contributed by atoms with van der Waals surface area (Å²) in [7, 11) is 0. The first-order valence-electron chi connectivity index (χ1n) is 9.85. The Balaban J connectivity index is 1.25. The number of likely N-dealkylation sites (tertiary alicyclic amines) is 1. The molecule has 4 rings (SSSR count). The lowest BCUT2D eigenvalue weighted by atomic mass is 10.0. The van der Waals surface area contributed by atoms with Gasteiger partial charge in [0, 0.05) is 50.2 Å². The molecule has 1 aromatic heterocycles. The Bertz CT molecular complexity index is 602. The first-order valence-corrected chi connectivity index (χ1v) is 11.0. The average molecular weight is 401 g/mol. The fraction of sp³-hybridized carbons (Fsp3) is 0.737. The summed E-state index contributed by atoms with van der Waals surface area (Å²) in [6.45, 7) is 6.00. The summed E-state index contributed by atoms with van der Waals surface area (Å²) in [5.74, 6) is 3.25. The van der Waals surface area contributed by atoms with E-state index in [2.05, 4.69) is 31.4 Å². The van der Waals surface area contributed by atoms with Crippen LogP contribution in [-0.4, -0.2) is 77.6 Å². The van der Waals surface area contributed by atoms with E-state index in [0.29, 0.717) is 11.9 Å². The van der Waals surface area contributed by atoms with E-state index in [1.807, 2.05) is 0 Å². The second-order valence-electron chi connectivity index (χ2n) is 7.71. The fourth-order valence-corrected chi connectivity index (χ4v) is 5.74. The number of halogens is 3. The van der Waals surface area contributed by atoms with Crippen LogP contribution in [0.1, 0.15) is 24.8 Å². The number of piperazine rings is 1. The molecule has 1 atom stereocenters.